The summed E-state index contributed by atoms with van der Waals surface area (Å²) in [6.07, 6.45) is 7.32. The summed E-state index contributed by atoms with van der Waals surface area (Å²) < 4.78 is 0. The van der Waals surface area contributed by atoms with Crippen molar-refractivity contribution in [2.75, 3.05) is 0 Å². The van der Waals surface area contributed by atoms with Crippen molar-refractivity contribution in [3.05, 3.63) is 47.7 Å². The third kappa shape index (κ3) is 3.60. The Kier molecular flexibility index (Phi) is 4.66. The Labute approximate surface area is 134 Å². The van der Waals surface area contributed by atoms with Crippen LogP contribution in [0.5, 0.6) is 0 Å². The predicted molar refractivity (Wildman–Crippen MR) is 90.6 cm³/mol. The van der Waals surface area contributed by atoms with Crippen molar-refractivity contribution in [3.63, 3.8) is 0 Å². The van der Waals surface area contributed by atoms with Gasteiger partial charge in [-0.2, -0.15) is 0 Å². The maximum absolute atomic E-state index is 12.1. The summed E-state index contributed by atoms with van der Waals surface area (Å²) in [6.45, 7) is 4.68. The molecule has 1 saturated carbocycles. The van der Waals surface area contributed by atoms with Crippen molar-refractivity contribution >= 4 is 5.78 Å². The highest BCUT2D eigenvalue weighted by Gasteiger charge is 2.28. The molecule has 0 amide bonds. The first-order valence-corrected chi connectivity index (χ1v) is 8.66. The Morgan fingerprint density at radius 1 is 1.05 bits per heavy atom. The zero-order valence-corrected chi connectivity index (χ0v) is 13.7. The van der Waals surface area contributed by atoms with E-state index in [4.69, 9.17) is 0 Å². The van der Waals surface area contributed by atoms with Gasteiger partial charge in [0.15, 0.2) is 5.78 Å². The van der Waals surface area contributed by atoms with E-state index in [1.807, 2.05) is 12.1 Å². The molecule has 0 bridgehead atoms. The Balaban J connectivity index is 1.69. The van der Waals surface area contributed by atoms with Crippen LogP contribution in [0.3, 0.4) is 0 Å². The molecule has 1 aromatic carbocycles. The van der Waals surface area contributed by atoms with Crippen LogP contribution >= 0.6 is 0 Å². The minimum Gasteiger partial charge on any atom is -0.385 e. The molecule has 0 radical (unpaired) electrons. The van der Waals surface area contributed by atoms with E-state index in [-0.39, 0.29) is 5.78 Å². The number of nitrogens with one attached hydrogen (secondary N) is 1. The molecule has 0 saturated heterocycles. The normalized spacial score (nSPS) is 32.5. The third-order valence-corrected chi connectivity index (χ3v) is 5.35. The van der Waals surface area contributed by atoms with E-state index in [0.29, 0.717) is 24.3 Å². The number of carbonyl (C=O) groups excluding carboxylic acids is 1. The second kappa shape index (κ2) is 6.68. The second-order valence-electron chi connectivity index (χ2n) is 7.30. The molecule has 3 rings (SSSR count). The first-order valence-electron chi connectivity index (χ1n) is 8.66. The molecule has 2 aliphatic carbocycles. The van der Waals surface area contributed by atoms with Gasteiger partial charge in [-0.1, -0.05) is 50.6 Å². The summed E-state index contributed by atoms with van der Waals surface area (Å²) in [7, 11) is 0. The standard InChI is InChI=1S/C20H27NO/c1-14-8-9-15(2)20(10-14)21-18-11-17(12-19(22)13-18)16-6-4-3-5-7-16/h3-7,13-15,17,20-21H,8-12H2,1-2H3/t14-,15?,17?,20?/m0/s1. The van der Waals surface area contributed by atoms with Gasteiger partial charge in [-0.25, -0.2) is 0 Å². The summed E-state index contributed by atoms with van der Waals surface area (Å²) in [5.41, 5.74) is 2.43. The number of carbonyl (C=O) groups is 1. The molecule has 2 aliphatic rings. The number of benzene rings is 1. The van der Waals surface area contributed by atoms with Crippen molar-refractivity contribution < 1.29 is 4.79 Å². The first-order chi connectivity index (χ1) is 10.6. The molecule has 1 aromatic rings. The summed E-state index contributed by atoms with van der Waals surface area (Å²) in [4.78, 5) is 12.1. The lowest BCUT2D eigenvalue weighted by Gasteiger charge is -2.36. The van der Waals surface area contributed by atoms with Gasteiger partial charge in [0, 0.05) is 24.2 Å². The van der Waals surface area contributed by atoms with E-state index in [2.05, 4.69) is 43.4 Å². The van der Waals surface area contributed by atoms with Crippen molar-refractivity contribution in [3.8, 4) is 0 Å². The average molecular weight is 297 g/mol. The van der Waals surface area contributed by atoms with E-state index >= 15 is 0 Å². The fraction of sp³-hybridized carbons (Fsp3) is 0.550. The van der Waals surface area contributed by atoms with Gasteiger partial charge in [-0.15, -0.1) is 0 Å². The van der Waals surface area contributed by atoms with Gasteiger partial charge in [-0.05, 0) is 42.6 Å². The van der Waals surface area contributed by atoms with Gasteiger partial charge in [0.1, 0.15) is 0 Å². The van der Waals surface area contributed by atoms with E-state index in [9.17, 15) is 4.79 Å². The molecule has 0 aliphatic heterocycles. The molecular weight excluding hydrogens is 270 g/mol. The lowest BCUT2D eigenvalue weighted by molar-refractivity contribution is -0.115. The molecule has 3 unspecified atom stereocenters. The maximum Gasteiger partial charge on any atom is 0.158 e. The minimum atomic E-state index is 0.263. The zero-order valence-electron chi connectivity index (χ0n) is 13.7. The van der Waals surface area contributed by atoms with Crippen LogP contribution in [0.1, 0.15) is 57.4 Å². The van der Waals surface area contributed by atoms with E-state index in [0.717, 1.165) is 18.0 Å². The lowest BCUT2D eigenvalue weighted by Crippen LogP contribution is -2.40. The number of hydrogen-bond acceptors (Lipinski definition) is 2. The molecule has 22 heavy (non-hydrogen) atoms. The second-order valence-corrected chi connectivity index (χ2v) is 7.30. The van der Waals surface area contributed by atoms with Crippen LogP contribution in [0.4, 0.5) is 0 Å². The number of ketones is 1. The van der Waals surface area contributed by atoms with E-state index in [1.54, 1.807) is 0 Å². The predicted octanol–water partition coefficient (Wildman–Crippen LogP) is 4.43. The van der Waals surface area contributed by atoms with Crippen LogP contribution in [0.15, 0.2) is 42.1 Å². The largest absolute Gasteiger partial charge is 0.385 e. The Morgan fingerprint density at radius 3 is 2.59 bits per heavy atom. The Morgan fingerprint density at radius 2 is 1.82 bits per heavy atom. The van der Waals surface area contributed by atoms with E-state index in [1.165, 1.54) is 24.8 Å². The van der Waals surface area contributed by atoms with Crippen LogP contribution in [0.2, 0.25) is 0 Å². The lowest BCUT2D eigenvalue weighted by atomic mass is 9.79. The number of rotatable bonds is 3. The fourth-order valence-corrected chi connectivity index (χ4v) is 3.93. The highest BCUT2D eigenvalue weighted by atomic mass is 16.1. The van der Waals surface area contributed by atoms with Gasteiger partial charge in [0.25, 0.3) is 0 Å². The van der Waals surface area contributed by atoms with Crippen LogP contribution in [-0.4, -0.2) is 11.8 Å². The molecule has 0 spiro atoms. The quantitative estimate of drug-likeness (QED) is 0.894. The molecule has 0 heterocycles. The smallest absolute Gasteiger partial charge is 0.158 e. The molecule has 0 aromatic heterocycles. The van der Waals surface area contributed by atoms with Gasteiger partial charge in [-0.3, -0.25) is 4.79 Å². The zero-order chi connectivity index (χ0) is 15.5. The molecular formula is C20H27NO. The number of hydrogen-bond donors (Lipinski definition) is 1. The Bertz CT molecular complexity index is 548. The SMILES string of the molecule is CC1CC[C@H](C)CC1NC1=CC(=O)CC(c2ccccc2)C1. The molecule has 1 fully saturated rings. The molecule has 118 valence electrons. The van der Waals surface area contributed by atoms with Crippen molar-refractivity contribution in [1.82, 2.24) is 5.32 Å². The van der Waals surface area contributed by atoms with Crippen molar-refractivity contribution in [2.24, 2.45) is 11.8 Å². The summed E-state index contributed by atoms with van der Waals surface area (Å²) in [5, 5.41) is 3.71. The summed E-state index contributed by atoms with van der Waals surface area (Å²) >= 11 is 0. The topological polar surface area (TPSA) is 29.1 Å². The van der Waals surface area contributed by atoms with Crippen LogP contribution in [0, 0.1) is 11.8 Å². The molecule has 2 heteroatoms. The van der Waals surface area contributed by atoms with Gasteiger partial charge in [0.05, 0.1) is 0 Å². The van der Waals surface area contributed by atoms with Crippen LogP contribution in [0.25, 0.3) is 0 Å². The average Bonchev–Trinajstić information content (AvgIpc) is 2.51. The van der Waals surface area contributed by atoms with Crippen LogP contribution in [-0.2, 0) is 4.79 Å². The highest BCUT2D eigenvalue weighted by Crippen LogP contribution is 2.33. The van der Waals surface area contributed by atoms with Gasteiger partial charge < -0.3 is 5.32 Å². The van der Waals surface area contributed by atoms with Gasteiger partial charge >= 0.3 is 0 Å². The van der Waals surface area contributed by atoms with Crippen molar-refractivity contribution in [2.45, 2.75) is 57.9 Å². The number of allylic oxidation sites excluding steroid dienone is 2. The Hall–Kier alpha value is -1.57. The fourth-order valence-electron chi connectivity index (χ4n) is 3.93. The molecule has 2 nitrogen and oxygen atoms in total. The third-order valence-electron chi connectivity index (χ3n) is 5.35. The van der Waals surface area contributed by atoms with Crippen LogP contribution < -0.4 is 5.32 Å². The highest BCUT2D eigenvalue weighted by molar-refractivity contribution is 5.92. The minimum absolute atomic E-state index is 0.263. The van der Waals surface area contributed by atoms with Crippen molar-refractivity contribution in [1.29, 1.82) is 0 Å². The summed E-state index contributed by atoms with van der Waals surface area (Å²) in [6, 6.07) is 11.0. The monoisotopic (exact) mass is 297 g/mol. The van der Waals surface area contributed by atoms with Gasteiger partial charge in [0.2, 0.25) is 0 Å². The maximum atomic E-state index is 12.1. The molecule has 4 atom stereocenters. The van der Waals surface area contributed by atoms with E-state index < -0.39 is 0 Å². The molecule has 1 N–H and O–H groups in total. The summed E-state index contributed by atoms with van der Waals surface area (Å²) in [5.74, 6) is 2.08. The first kappa shape index (κ1) is 15.3.